The number of hydrogen-bond donors (Lipinski definition) is 1. The highest BCUT2D eigenvalue weighted by atomic mass is 16.6. The smallest absolute Gasteiger partial charge is 0.295 e. The summed E-state index contributed by atoms with van der Waals surface area (Å²) in [7, 11) is 0. The van der Waals surface area contributed by atoms with E-state index in [-0.39, 0.29) is 23.6 Å². The molecule has 1 aliphatic heterocycles. The number of non-ortho nitro benzene ring substituents is 1. The maximum absolute atomic E-state index is 13.0. The molecule has 3 aromatic carbocycles. The highest BCUT2D eigenvalue weighted by molar-refractivity contribution is 6.46. The van der Waals surface area contributed by atoms with Crippen LogP contribution < -0.4 is 0 Å². The van der Waals surface area contributed by atoms with Crippen LogP contribution in [-0.4, -0.2) is 26.6 Å². The summed E-state index contributed by atoms with van der Waals surface area (Å²) in [6.07, 6.45) is 0. The molecule has 0 bridgehead atoms. The van der Waals surface area contributed by atoms with Gasteiger partial charge in [0.15, 0.2) is 0 Å². The molecule has 0 spiro atoms. The first-order valence-electron chi connectivity index (χ1n) is 9.59. The number of rotatable bonds is 5. The number of carbonyl (C=O) groups is 2. The Kier molecular flexibility index (Phi) is 5.32. The minimum Gasteiger partial charge on any atom is -0.507 e. The Balaban J connectivity index is 1.85. The fourth-order valence-corrected chi connectivity index (χ4v) is 3.70. The van der Waals surface area contributed by atoms with E-state index < -0.39 is 22.7 Å². The third-order valence-corrected chi connectivity index (χ3v) is 5.20. The van der Waals surface area contributed by atoms with E-state index in [1.54, 1.807) is 30.3 Å². The second kappa shape index (κ2) is 8.23. The molecule has 1 amide bonds. The number of nitro benzene ring substituents is 1. The standard InChI is InChI=1S/C24H18N2O5/c27-22(18-9-5-2-6-10-18)20-21(17-11-13-19(14-12-17)26(30)31)25(24(29)23(20)28)15-16-7-3-1-4-8-16/h1-14,21,27H,15H2/b22-20+/t21-/m0/s1. The summed E-state index contributed by atoms with van der Waals surface area (Å²) < 4.78 is 0. The Hall–Kier alpha value is -4.26. The summed E-state index contributed by atoms with van der Waals surface area (Å²) in [5, 5.41) is 22.0. The molecule has 1 atom stereocenters. The number of carbonyl (C=O) groups excluding carboxylic acids is 2. The van der Waals surface area contributed by atoms with Crippen LogP contribution in [-0.2, 0) is 16.1 Å². The maximum atomic E-state index is 13.0. The summed E-state index contributed by atoms with van der Waals surface area (Å²) in [6.45, 7) is 0.151. The fourth-order valence-electron chi connectivity index (χ4n) is 3.70. The molecule has 154 valence electrons. The Labute approximate surface area is 178 Å². The van der Waals surface area contributed by atoms with Crippen molar-refractivity contribution in [2.45, 2.75) is 12.6 Å². The number of hydrogen-bond acceptors (Lipinski definition) is 5. The average molecular weight is 414 g/mol. The van der Waals surface area contributed by atoms with Crippen molar-refractivity contribution in [3.05, 3.63) is 117 Å². The van der Waals surface area contributed by atoms with Crippen molar-refractivity contribution >= 4 is 23.1 Å². The monoisotopic (exact) mass is 414 g/mol. The predicted octanol–water partition coefficient (Wildman–Crippen LogP) is 4.22. The molecule has 0 radical (unpaired) electrons. The van der Waals surface area contributed by atoms with Crippen LogP contribution >= 0.6 is 0 Å². The van der Waals surface area contributed by atoms with Crippen LogP contribution in [0.3, 0.4) is 0 Å². The van der Waals surface area contributed by atoms with Crippen molar-refractivity contribution < 1.29 is 19.6 Å². The van der Waals surface area contributed by atoms with Gasteiger partial charge in [-0.1, -0.05) is 60.7 Å². The average Bonchev–Trinajstić information content (AvgIpc) is 3.05. The SMILES string of the molecule is O=C1C(=O)N(Cc2ccccc2)[C@@H](c2ccc([N+](=O)[O-])cc2)/C1=C(\O)c1ccccc1. The van der Waals surface area contributed by atoms with Gasteiger partial charge in [0.1, 0.15) is 5.76 Å². The number of aliphatic hydroxyl groups is 1. The Morgan fingerprint density at radius 1 is 0.903 bits per heavy atom. The number of nitro groups is 1. The normalized spacial score (nSPS) is 17.7. The molecule has 1 saturated heterocycles. The lowest BCUT2D eigenvalue weighted by molar-refractivity contribution is -0.384. The molecule has 31 heavy (non-hydrogen) atoms. The molecule has 3 aromatic rings. The van der Waals surface area contributed by atoms with Gasteiger partial charge in [0.2, 0.25) is 0 Å². The summed E-state index contributed by atoms with van der Waals surface area (Å²) in [4.78, 5) is 37.8. The van der Waals surface area contributed by atoms with Gasteiger partial charge in [-0.25, -0.2) is 0 Å². The van der Waals surface area contributed by atoms with Crippen LogP contribution in [0.25, 0.3) is 5.76 Å². The van der Waals surface area contributed by atoms with Crippen LogP contribution in [0.15, 0.2) is 90.5 Å². The van der Waals surface area contributed by atoms with Crippen LogP contribution in [0, 0.1) is 10.1 Å². The number of likely N-dealkylation sites (tertiary alicyclic amines) is 1. The molecule has 1 aliphatic rings. The van der Waals surface area contributed by atoms with Crippen molar-refractivity contribution in [3.63, 3.8) is 0 Å². The second-order valence-electron chi connectivity index (χ2n) is 7.13. The molecule has 0 saturated carbocycles. The third kappa shape index (κ3) is 3.81. The zero-order valence-electron chi connectivity index (χ0n) is 16.3. The van der Waals surface area contributed by atoms with Gasteiger partial charge in [0.25, 0.3) is 17.4 Å². The number of amides is 1. The molecule has 0 unspecified atom stereocenters. The van der Waals surface area contributed by atoms with Crippen LogP contribution in [0.5, 0.6) is 0 Å². The lowest BCUT2D eigenvalue weighted by atomic mass is 9.95. The summed E-state index contributed by atoms with van der Waals surface area (Å²) in [5.74, 6) is -1.80. The molecule has 4 rings (SSSR count). The summed E-state index contributed by atoms with van der Waals surface area (Å²) in [6, 6.07) is 22.5. The molecular weight excluding hydrogens is 396 g/mol. The van der Waals surface area contributed by atoms with Gasteiger partial charge >= 0.3 is 0 Å². The lowest BCUT2D eigenvalue weighted by Gasteiger charge is -2.25. The van der Waals surface area contributed by atoms with Gasteiger partial charge in [-0.2, -0.15) is 0 Å². The Morgan fingerprint density at radius 3 is 2.06 bits per heavy atom. The lowest BCUT2D eigenvalue weighted by Crippen LogP contribution is -2.29. The zero-order valence-corrected chi connectivity index (χ0v) is 16.3. The van der Waals surface area contributed by atoms with E-state index in [9.17, 15) is 24.8 Å². The van der Waals surface area contributed by atoms with E-state index >= 15 is 0 Å². The Morgan fingerprint density at radius 2 is 1.48 bits per heavy atom. The molecule has 7 nitrogen and oxygen atoms in total. The molecule has 0 aromatic heterocycles. The molecule has 1 fully saturated rings. The van der Waals surface area contributed by atoms with Crippen LogP contribution in [0.1, 0.15) is 22.7 Å². The molecular formula is C24H18N2O5. The van der Waals surface area contributed by atoms with E-state index in [0.717, 1.165) is 5.56 Å². The molecule has 7 heteroatoms. The molecule has 1 N–H and O–H groups in total. The van der Waals surface area contributed by atoms with Gasteiger partial charge in [-0.3, -0.25) is 19.7 Å². The van der Waals surface area contributed by atoms with Crippen LogP contribution in [0.2, 0.25) is 0 Å². The fraction of sp³-hybridized carbons (Fsp3) is 0.0833. The maximum Gasteiger partial charge on any atom is 0.295 e. The van der Waals surface area contributed by atoms with Gasteiger partial charge < -0.3 is 10.0 Å². The van der Waals surface area contributed by atoms with Crippen molar-refractivity contribution in [1.29, 1.82) is 0 Å². The zero-order chi connectivity index (χ0) is 22.0. The minimum atomic E-state index is -0.874. The van der Waals surface area contributed by atoms with Crippen LogP contribution in [0.4, 0.5) is 5.69 Å². The first-order valence-corrected chi connectivity index (χ1v) is 9.59. The van der Waals surface area contributed by atoms with E-state index in [0.29, 0.717) is 11.1 Å². The highest BCUT2D eigenvalue weighted by Gasteiger charge is 2.46. The Bertz CT molecular complexity index is 1170. The predicted molar refractivity (Wildman–Crippen MR) is 114 cm³/mol. The first kappa shape index (κ1) is 20.0. The number of benzene rings is 3. The second-order valence-corrected chi connectivity index (χ2v) is 7.13. The summed E-state index contributed by atoms with van der Waals surface area (Å²) >= 11 is 0. The number of nitrogens with zero attached hydrogens (tertiary/aromatic N) is 2. The van der Waals surface area contributed by atoms with E-state index in [1.807, 2.05) is 30.3 Å². The van der Waals surface area contributed by atoms with Gasteiger partial charge in [-0.15, -0.1) is 0 Å². The van der Waals surface area contributed by atoms with Gasteiger partial charge in [-0.05, 0) is 23.3 Å². The van der Waals surface area contributed by atoms with Gasteiger partial charge in [0.05, 0.1) is 16.5 Å². The summed E-state index contributed by atoms with van der Waals surface area (Å²) in [5.41, 5.74) is 1.58. The third-order valence-electron chi connectivity index (χ3n) is 5.20. The highest BCUT2D eigenvalue weighted by Crippen LogP contribution is 2.40. The number of aliphatic hydroxyl groups excluding tert-OH is 1. The van der Waals surface area contributed by atoms with Crippen molar-refractivity contribution in [2.24, 2.45) is 0 Å². The topological polar surface area (TPSA) is 101 Å². The van der Waals surface area contributed by atoms with E-state index in [2.05, 4.69) is 0 Å². The van der Waals surface area contributed by atoms with E-state index in [4.69, 9.17) is 0 Å². The largest absolute Gasteiger partial charge is 0.507 e. The number of Topliss-reactive ketones (excluding diaryl/α,β-unsaturated/α-hetero) is 1. The first-order chi connectivity index (χ1) is 15.0. The minimum absolute atomic E-state index is 0.0408. The molecule has 0 aliphatic carbocycles. The molecule has 1 heterocycles. The van der Waals surface area contributed by atoms with Gasteiger partial charge in [0, 0.05) is 24.2 Å². The van der Waals surface area contributed by atoms with Crippen molar-refractivity contribution in [1.82, 2.24) is 4.90 Å². The van der Waals surface area contributed by atoms with Crippen molar-refractivity contribution in [3.8, 4) is 0 Å². The number of ketones is 1. The quantitative estimate of drug-likeness (QED) is 0.222. The van der Waals surface area contributed by atoms with E-state index in [1.165, 1.54) is 29.2 Å². The van der Waals surface area contributed by atoms with Crippen molar-refractivity contribution in [2.75, 3.05) is 0 Å².